The molecule has 4 N–H and O–H groups in total. The lowest BCUT2D eigenvalue weighted by atomic mass is 10.8. The highest BCUT2D eigenvalue weighted by molar-refractivity contribution is 7.97. The normalized spacial score (nSPS) is 12.5. The fourth-order valence-corrected chi connectivity index (χ4v) is 0. The number of hydrogen-bond acceptors (Lipinski definition) is 3. The Morgan fingerprint density at radius 1 is 1.67 bits per heavy atom. The van der Waals surface area contributed by atoms with Crippen LogP contribution in [-0.4, -0.2) is 5.37 Å². The zero-order chi connectivity index (χ0) is 4.28. The van der Waals surface area contributed by atoms with Gasteiger partial charge in [0.15, 0.2) is 0 Å². The number of rotatable bonds is 1. The maximum absolute atomic E-state index is 5.13. The van der Waals surface area contributed by atoms with E-state index in [9.17, 15) is 0 Å². The molecule has 1 atom stereocenters. The van der Waals surface area contributed by atoms with Gasteiger partial charge in [0, 0.05) is 0 Å². The van der Waals surface area contributed by atoms with Gasteiger partial charge in [-0.2, -0.15) is 0 Å². The van der Waals surface area contributed by atoms with E-state index >= 15 is 0 Å². The first-order chi connectivity index (χ1) is 2.27. The Bertz CT molecular complexity index is 25.5. The van der Waals surface area contributed by atoms with E-state index in [-0.39, 0.29) is 17.8 Å². The fraction of sp³-hybridized carbons (Fsp3) is 1.00. The zero-order valence-electron chi connectivity index (χ0n) is 3.55. The summed E-state index contributed by atoms with van der Waals surface area (Å²) < 4.78 is 0. The molecule has 0 aromatic heterocycles. The smallest absolute Gasteiger partial charge is 0.0623 e. The summed E-state index contributed by atoms with van der Waals surface area (Å²) in [6.07, 6.45) is 0. The van der Waals surface area contributed by atoms with Gasteiger partial charge in [-0.1, -0.05) is 11.9 Å². The van der Waals surface area contributed by atoms with Crippen molar-refractivity contribution in [2.24, 2.45) is 10.9 Å². The Morgan fingerprint density at radius 3 is 1.83 bits per heavy atom. The van der Waals surface area contributed by atoms with Gasteiger partial charge in [-0.05, 0) is 6.92 Å². The summed E-state index contributed by atoms with van der Waals surface area (Å²) in [5, 5.41) is 5.04. The largest absolute Gasteiger partial charge is 0.319 e. The van der Waals surface area contributed by atoms with Crippen LogP contribution in [0.2, 0.25) is 0 Å². The van der Waals surface area contributed by atoms with Crippen LogP contribution in [0.5, 0.6) is 0 Å². The zero-order valence-corrected chi connectivity index (χ0v) is 5.18. The standard InChI is InChI=1S/C2H8N2S.ClH/c1-2(3)5-4;/h2H,3-4H2,1H3;1H. The van der Waals surface area contributed by atoms with Crippen molar-refractivity contribution in [3.63, 3.8) is 0 Å². The minimum atomic E-state index is 0. The number of halogens is 1. The topological polar surface area (TPSA) is 52.0 Å². The van der Waals surface area contributed by atoms with Crippen molar-refractivity contribution in [1.29, 1.82) is 0 Å². The average molecular weight is 129 g/mol. The number of hydrogen-bond donors (Lipinski definition) is 2. The Kier molecular flexibility index (Phi) is 9.04. The predicted molar refractivity (Wildman–Crippen MR) is 32.7 cm³/mol. The van der Waals surface area contributed by atoms with Crippen molar-refractivity contribution >= 4 is 24.4 Å². The van der Waals surface area contributed by atoms with Gasteiger partial charge in [0.1, 0.15) is 0 Å². The van der Waals surface area contributed by atoms with Crippen LogP contribution in [0.3, 0.4) is 0 Å². The molecular weight excluding hydrogens is 120 g/mol. The molecule has 0 aromatic carbocycles. The second kappa shape index (κ2) is 5.56. The van der Waals surface area contributed by atoms with Crippen LogP contribution in [-0.2, 0) is 0 Å². The first-order valence-corrected chi connectivity index (χ1v) is 2.32. The number of nitrogens with two attached hydrogens (primary N) is 2. The second-order valence-corrected chi connectivity index (χ2v) is 1.86. The maximum Gasteiger partial charge on any atom is 0.0623 e. The van der Waals surface area contributed by atoms with E-state index in [0.29, 0.717) is 0 Å². The highest BCUT2D eigenvalue weighted by Crippen LogP contribution is 1.87. The summed E-state index contributed by atoms with van der Waals surface area (Å²) in [7, 11) is 0. The van der Waals surface area contributed by atoms with Gasteiger partial charge in [0.2, 0.25) is 0 Å². The van der Waals surface area contributed by atoms with Crippen molar-refractivity contribution in [2.75, 3.05) is 0 Å². The van der Waals surface area contributed by atoms with Crippen LogP contribution in [0.25, 0.3) is 0 Å². The monoisotopic (exact) mass is 128 g/mol. The first kappa shape index (κ1) is 9.75. The molecule has 6 heavy (non-hydrogen) atoms. The molecule has 1 unspecified atom stereocenters. The molecule has 0 spiro atoms. The predicted octanol–water partition coefficient (Wildman–Crippen LogP) is 0.320. The van der Waals surface area contributed by atoms with Gasteiger partial charge in [-0.3, -0.25) is 5.14 Å². The first-order valence-electron chi connectivity index (χ1n) is 1.38. The summed E-state index contributed by atoms with van der Waals surface area (Å²) in [5.41, 5.74) is 5.13. The Morgan fingerprint density at radius 2 is 1.83 bits per heavy atom. The third kappa shape index (κ3) is 8.82. The van der Waals surface area contributed by atoms with Gasteiger partial charge in [0.25, 0.3) is 0 Å². The molecule has 0 fully saturated rings. The van der Waals surface area contributed by atoms with Crippen molar-refractivity contribution < 1.29 is 0 Å². The molecule has 0 bridgehead atoms. The molecule has 0 heterocycles. The lowest BCUT2D eigenvalue weighted by Gasteiger charge is -1.91. The fourth-order valence-electron chi connectivity index (χ4n) is 0. The highest BCUT2D eigenvalue weighted by Gasteiger charge is 1.80. The van der Waals surface area contributed by atoms with Crippen LogP contribution in [0.4, 0.5) is 0 Å². The van der Waals surface area contributed by atoms with Crippen molar-refractivity contribution in [1.82, 2.24) is 0 Å². The second-order valence-electron chi connectivity index (χ2n) is 0.841. The molecule has 0 amide bonds. The third-order valence-electron chi connectivity index (χ3n) is 0.215. The van der Waals surface area contributed by atoms with E-state index in [0.717, 1.165) is 11.9 Å². The quantitative estimate of drug-likeness (QED) is 0.395. The molecular formula is C2H9ClN2S. The molecule has 0 rings (SSSR count). The van der Waals surface area contributed by atoms with Gasteiger partial charge in [-0.25, -0.2) is 0 Å². The van der Waals surface area contributed by atoms with E-state index in [1.54, 1.807) is 0 Å². The maximum atomic E-state index is 5.13. The van der Waals surface area contributed by atoms with Gasteiger partial charge < -0.3 is 5.73 Å². The minimum absolute atomic E-state index is 0. The van der Waals surface area contributed by atoms with E-state index in [1.165, 1.54) is 0 Å². The van der Waals surface area contributed by atoms with E-state index in [4.69, 9.17) is 10.9 Å². The molecule has 0 saturated heterocycles. The molecule has 0 aliphatic heterocycles. The van der Waals surface area contributed by atoms with E-state index in [2.05, 4.69) is 0 Å². The van der Waals surface area contributed by atoms with Gasteiger partial charge in [-0.15, -0.1) is 12.4 Å². The summed E-state index contributed by atoms with van der Waals surface area (Å²) >= 11 is 1.16. The van der Waals surface area contributed by atoms with Crippen molar-refractivity contribution in [3.8, 4) is 0 Å². The van der Waals surface area contributed by atoms with Crippen LogP contribution in [0, 0.1) is 0 Å². The van der Waals surface area contributed by atoms with Gasteiger partial charge >= 0.3 is 0 Å². The Hall–Kier alpha value is 0.560. The third-order valence-corrected chi connectivity index (χ3v) is 0.644. The average Bonchev–Trinajstić information content (AvgIpc) is 1.38. The minimum Gasteiger partial charge on any atom is -0.319 e. The molecule has 0 saturated carbocycles. The summed E-state index contributed by atoms with van der Waals surface area (Å²) in [6.45, 7) is 1.84. The molecule has 0 aliphatic rings. The van der Waals surface area contributed by atoms with E-state index in [1.807, 2.05) is 6.92 Å². The van der Waals surface area contributed by atoms with Crippen LogP contribution in [0.1, 0.15) is 6.92 Å². The van der Waals surface area contributed by atoms with Crippen molar-refractivity contribution in [3.05, 3.63) is 0 Å². The molecule has 2 nitrogen and oxygen atoms in total. The molecule has 0 aromatic rings. The molecule has 0 radical (unpaired) electrons. The highest BCUT2D eigenvalue weighted by atomic mass is 35.5. The lowest BCUT2D eigenvalue weighted by molar-refractivity contribution is 1.05. The SMILES string of the molecule is CC(N)SN.Cl. The van der Waals surface area contributed by atoms with Gasteiger partial charge in [0.05, 0.1) is 5.37 Å². The van der Waals surface area contributed by atoms with Crippen LogP contribution in [0.15, 0.2) is 0 Å². The van der Waals surface area contributed by atoms with Crippen molar-refractivity contribution in [2.45, 2.75) is 12.3 Å². The lowest BCUT2D eigenvalue weighted by Crippen LogP contribution is -2.11. The van der Waals surface area contributed by atoms with Crippen LogP contribution < -0.4 is 10.9 Å². The molecule has 4 heteroatoms. The summed E-state index contributed by atoms with van der Waals surface area (Å²) in [4.78, 5) is 0. The Balaban J connectivity index is 0. The van der Waals surface area contributed by atoms with Crippen LogP contribution >= 0.6 is 24.4 Å². The molecule has 40 valence electrons. The van der Waals surface area contributed by atoms with E-state index < -0.39 is 0 Å². The summed E-state index contributed by atoms with van der Waals surface area (Å²) in [6, 6.07) is 0. The Labute approximate surface area is 48.2 Å². The molecule has 0 aliphatic carbocycles. The summed E-state index contributed by atoms with van der Waals surface area (Å²) in [5.74, 6) is 0.